The number of hydrogen-bond donors (Lipinski definition) is 1. The molecular formula is C14H19FN2O2. The quantitative estimate of drug-likeness (QED) is 0.901. The van der Waals surface area contributed by atoms with Crippen LogP contribution in [0.2, 0.25) is 0 Å². The van der Waals surface area contributed by atoms with Crippen LogP contribution in [0.3, 0.4) is 0 Å². The van der Waals surface area contributed by atoms with Crippen molar-refractivity contribution in [3.8, 4) is 0 Å². The number of amides is 1. The number of ether oxygens (including phenoxy) is 1. The van der Waals surface area contributed by atoms with Crippen LogP contribution in [0.5, 0.6) is 0 Å². The number of halogens is 1. The molecule has 0 bridgehead atoms. The summed E-state index contributed by atoms with van der Waals surface area (Å²) in [6, 6.07) is 6.30. The van der Waals surface area contributed by atoms with Crippen molar-refractivity contribution in [2.45, 2.75) is 25.6 Å². The zero-order chi connectivity index (χ0) is 14.0. The van der Waals surface area contributed by atoms with E-state index in [1.165, 1.54) is 12.1 Å². The van der Waals surface area contributed by atoms with Gasteiger partial charge in [-0.1, -0.05) is 12.1 Å². The lowest BCUT2D eigenvalue weighted by molar-refractivity contribution is -0.131. The summed E-state index contributed by atoms with van der Waals surface area (Å²) in [7, 11) is 1.62. The normalized spacial score (nSPS) is 20.1. The van der Waals surface area contributed by atoms with Crippen molar-refractivity contribution in [2.75, 3.05) is 20.2 Å². The van der Waals surface area contributed by atoms with Crippen LogP contribution >= 0.6 is 0 Å². The summed E-state index contributed by atoms with van der Waals surface area (Å²) in [5.41, 5.74) is 0.311. The van der Waals surface area contributed by atoms with Gasteiger partial charge in [0.25, 0.3) is 0 Å². The zero-order valence-corrected chi connectivity index (χ0v) is 11.4. The van der Waals surface area contributed by atoms with Crippen molar-refractivity contribution in [3.05, 3.63) is 35.6 Å². The van der Waals surface area contributed by atoms with E-state index in [9.17, 15) is 9.18 Å². The molecule has 1 aromatic carbocycles. The maximum Gasteiger partial charge on any atom is 0.238 e. The summed E-state index contributed by atoms with van der Waals surface area (Å²) < 4.78 is 18.7. The predicted octanol–water partition coefficient (Wildman–Crippen LogP) is 1.68. The number of rotatable bonds is 4. The first kappa shape index (κ1) is 14.0. The highest BCUT2D eigenvalue weighted by Crippen LogP contribution is 2.25. The van der Waals surface area contributed by atoms with Crippen molar-refractivity contribution in [3.63, 3.8) is 0 Å². The molecule has 5 heteroatoms. The van der Waals surface area contributed by atoms with Crippen molar-refractivity contribution in [2.24, 2.45) is 0 Å². The van der Waals surface area contributed by atoms with Gasteiger partial charge in [0.05, 0.1) is 18.7 Å². The molecule has 0 aromatic heterocycles. The second kappa shape index (κ2) is 5.27. The second-order valence-corrected chi connectivity index (χ2v) is 5.32. The van der Waals surface area contributed by atoms with Crippen molar-refractivity contribution >= 4 is 5.91 Å². The monoisotopic (exact) mass is 266 g/mol. The SMILES string of the molecule is COC(C)(C)CN1C(=O)CNC1c1cccc(F)c1. The molecule has 0 spiro atoms. The van der Waals surface area contributed by atoms with Crippen LogP contribution < -0.4 is 5.32 Å². The molecule has 1 aliphatic rings. The van der Waals surface area contributed by atoms with E-state index in [0.717, 1.165) is 5.56 Å². The molecule has 0 saturated carbocycles. The number of benzene rings is 1. The molecule has 2 rings (SSSR count). The molecule has 19 heavy (non-hydrogen) atoms. The minimum Gasteiger partial charge on any atom is -0.377 e. The Morgan fingerprint density at radius 1 is 1.53 bits per heavy atom. The van der Waals surface area contributed by atoms with Gasteiger partial charge in [0, 0.05) is 7.11 Å². The molecule has 0 radical (unpaired) electrons. The van der Waals surface area contributed by atoms with Crippen molar-refractivity contribution in [1.82, 2.24) is 10.2 Å². The highest BCUT2D eigenvalue weighted by molar-refractivity contribution is 5.81. The topological polar surface area (TPSA) is 41.6 Å². The molecule has 1 amide bonds. The van der Waals surface area contributed by atoms with E-state index in [0.29, 0.717) is 6.54 Å². The first-order chi connectivity index (χ1) is 8.93. The van der Waals surface area contributed by atoms with Crippen LogP contribution in [-0.4, -0.2) is 36.6 Å². The average Bonchev–Trinajstić information content (AvgIpc) is 2.71. The van der Waals surface area contributed by atoms with E-state index < -0.39 is 5.60 Å². The molecule has 4 nitrogen and oxygen atoms in total. The van der Waals surface area contributed by atoms with Gasteiger partial charge in [-0.25, -0.2) is 4.39 Å². The van der Waals surface area contributed by atoms with Crippen molar-refractivity contribution in [1.29, 1.82) is 0 Å². The van der Waals surface area contributed by atoms with Gasteiger partial charge in [-0.2, -0.15) is 0 Å². The lowest BCUT2D eigenvalue weighted by atomic mass is 10.1. The fourth-order valence-electron chi connectivity index (χ4n) is 2.17. The highest BCUT2D eigenvalue weighted by atomic mass is 19.1. The van der Waals surface area contributed by atoms with E-state index in [4.69, 9.17) is 4.74 Å². The molecule has 104 valence electrons. The summed E-state index contributed by atoms with van der Waals surface area (Å²) in [6.07, 6.45) is -0.294. The van der Waals surface area contributed by atoms with Gasteiger partial charge in [0.2, 0.25) is 5.91 Å². The number of carbonyl (C=O) groups is 1. The lowest BCUT2D eigenvalue weighted by Crippen LogP contribution is -2.42. The molecule has 1 saturated heterocycles. The minimum atomic E-state index is -0.437. The molecule has 1 heterocycles. The van der Waals surface area contributed by atoms with E-state index >= 15 is 0 Å². The number of nitrogens with one attached hydrogen (secondary N) is 1. The van der Waals surface area contributed by atoms with Crippen LogP contribution in [0.25, 0.3) is 0 Å². The van der Waals surface area contributed by atoms with E-state index in [2.05, 4.69) is 5.32 Å². The molecule has 1 fully saturated rings. The van der Waals surface area contributed by atoms with Gasteiger partial charge < -0.3 is 9.64 Å². The van der Waals surface area contributed by atoms with Crippen LogP contribution in [0.1, 0.15) is 25.6 Å². The lowest BCUT2D eigenvalue weighted by Gasteiger charge is -2.32. The summed E-state index contributed by atoms with van der Waals surface area (Å²) in [6.45, 7) is 4.56. The Bertz CT molecular complexity index is 476. The summed E-state index contributed by atoms with van der Waals surface area (Å²) in [4.78, 5) is 13.6. The molecule has 1 aromatic rings. The number of carbonyl (C=O) groups excluding carboxylic acids is 1. The largest absolute Gasteiger partial charge is 0.377 e. The third-order valence-electron chi connectivity index (χ3n) is 3.35. The summed E-state index contributed by atoms with van der Waals surface area (Å²) >= 11 is 0. The van der Waals surface area contributed by atoms with Gasteiger partial charge in [0.1, 0.15) is 12.0 Å². The number of methoxy groups -OCH3 is 1. The van der Waals surface area contributed by atoms with Crippen molar-refractivity contribution < 1.29 is 13.9 Å². The third kappa shape index (κ3) is 3.11. The Morgan fingerprint density at radius 2 is 2.26 bits per heavy atom. The van der Waals surface area contributed by atoms with Crippen LogP contribution in [-0.2, 0) is 9.53 Å². The first-order valence-electron chi connectivity index (χ1n) is 6.26. The van der Waals surface area contributed by atoms with Gasteiger partial charge in [0.15, 0.2) is 0 Å². The van der Waals surface area contributed by atoms with Gasteiger partial charge >= 0.3 is 0 Å². The maximum absolute atomic E-state index is 13.3. The Kier molecular flexibility index (Phi) is 3.87. The molecule has 1 aliphatic heterocycles. The molecule has 1 atom stereocenters. The van der Waals surface area contributed by atoms with Gasteiger partial charge in [-0.3, -0.25) is 10.1 Å². The van der Waals surface area contributed by atoms with Gasteiger partial charge in [-0.05, 0) is 31.5 Å². The standard InChI is InChI=1S/C14H19FN2O2/c1-14(2,19-3)9-17-12(18)8-16-13(17)10-5-4-6-11(15)7-10/h4-7,13,16H,8-9H2,1-3H3. The average molecular weight is 266 g/mol. The fourth-order valence-corrected chi connectivity index (χ4v) is 2.17. The smallest absolute Gasteiger partial charge is 0.238 e. The van der Waals surface area contributed by atoms with E-state index in [-0.39, 0.29) is 24.4 Å². The summed E-state index contributed by atoms with van der Waals surface area (Å²) in [5.74, 6) is -0.302. The molecule has 1 N–H and O–H groups in total. The summed E-state index contributed by atoms with van der Waals surface area (Å²) in [5, 5.41) is 3.10. The Labute approximate surface area is 112 Å². The molecule has 1 unspecified atom stereocenters. The maximum atomic E-state index is 13.3. The Hall–Kier alpha value is -1.46. The Balaban J connectivity index is 2.22. The van der Waals surface area contributed by atoms with E-state index in [1.54, 1.807) is 18.1 Å². The molecular weight excluding hydrogens is 247 g/mol. The van der Waals surface area contributed by atoms with E-state index in [1.807, 2.05) is 19.9 Å². The molecule has 0 aliphatic carbocycles. The third-order valence-corrected chi connectivity index (χ3v) is 3.35. The van der Waals surface area contributed by atoms with Crippen LogP contribution in [0.15, 0.2) is 24.3 Å². The second-order valence-electron chi connectivity index (χ2n) is 5.32. The van der Waals surface area contributed by atoms with Crippen LogP contribution in [0.4, 0.5) is 4.39 Å². The number of nitrogens with zero attached hydrogens (tertiary/aromatic N) is 1. The highest BCUT2D eigenvalue weighted by Gasteiger charge is 2.35. The predicted molar refractivity (Wildman–Crippen MR) is 69.9 cm³/mol. The fraction of sp³-hybridized carbons (Fsp3) is 0.500. The zero-order valence-electron chi connectivity index (χ0n) is 11.4. The Morgan fingerprint density at radius 3 is 2.89 bits per heavy atom. The van der Waals surface area contributed by atoms with Crippen LogP contribution in [0, 0.1) is 5.82 Å². The first-order valence-corrected chi connectivity index (χ1v) is 6.26. The van der Waals surface area contributed by atoms with Gasteiger partial charge in [-0.15, -0.1) is 0 Å². The minimum absolute atomic E-state index is 0.000568. The number of hydrogen-bond acceptors (Lipinski definition) is 3.